The fourth-order valence-electron chi connectivity index (χ4n) is 2.09. The molecule has 0 fully saturated rings. The van der Waals surface area contributed by atoms with Gasteiger partial charge in [0.25, 0.3) is 0 Å². The van der Waals surface area contributed by atoms with Crippen molar-refractivity contribution in [3.05, 3.63) is 65.7 Å². The summed E-state index contributed by atoms with van der Waals surface area (Å²) in [6.45, 7) is 3.49. The topological polar surface area (TPSA) is 29.1 Å². The predicted octanol–water partition coefficient (Wildman–Crippen LogP) is 4.17. The Balaban J connectivity index is 2.15. The molecule has 0 aliphatic heterocycles. The molecule has 2 aromatic carbocycles. The quantitative estimate of drug-likeness (QED) is 0.899. The molecule has 21 heavy (non-hydrogen) atoms. The van der Waals surface area contributed by atoms with E-state index in [1.54, 1.807) is 13.8 Å². The van der Waals surface area contributed by atoms with E-state index in [-0.39, 0.29) is 0 Å². The third kappa shape index (κ3) is 3.66. The highest BCUT2D eigenvalue weighted by Crippen LogP contribution is 2.26. The largest absolute Gasteiger partial charge is 0.321 e. The summed E-state index contributed by atoms with van der Waals surface area (Å²) in [4.78, 5) is 12.3. The minimum absolute atomic E-state index is 0.399. The fourth-order valence-corrected chi connectivity index (χ4v) is 2.09. The Kier molecular flexibility index (Phi) is 4.36. The van der Waals surface area contributed by atoms with Gasteiger partial charge in [0.15, 0.2) is 0 Å². The first-order valence-electron chi connectivity index (χ1n) is 6.69. The van der Waals surface area contributed by atoms with Crippen molar-refractivity contribution in [1.29, 1.82) is 0 Å². The number of amides is 1. The summed E-state index contributed by atoms with van der Waals surface area (Å²) in [7, 11) is 0. The minimum atomic E-state index is -0.782. The summed E-state index contributed by atoms with van der Waals surface area (Å²) >= 11 is 0. The van der Waals surface area contributed by atoms with Crippen LogP contribution < -0.4 is 5.32 Å². The molecule has 0 bridgehead atoms. The fraction of sp³-hybridized carbons (Fsp3) is 0.235. The average molecular weight is 289 g/mol. The van der Waals surface area contributed by atoms with Crippen molar-refractivity contribution in [1.82, 2.24) is 0 Å². The Morgan fingerprint density at radius 2 is 1.57 bits per heavy atom. The van der Waals surface area contributed by atoms with Crippen molar-refractivity contribution in [2.24, 2.45) is 5.41 Å². The zero-order chi connectivity index (χ0) is 15.5. The second-order valence-corrected chi connectivity index (χ2v) is 5.60. The van der Waals surface area contributed by atoms with Gasteiger partial charge in [0.2, 0.25) is 5.91 Å². The summed E-state index contributed by atoms with van der Waals surface area (Å²) < 4.78 is 27.1. The average Bonchev–Trinajstić information content (AvgIpc) is 2.43. The molecule has 0 atom stereocenters. The Labute approximate surface area is 122 Å². The van der Waals surface area contributed by atoms with Crippen LogP contribution in [-0.2, 0) is 11.2 Å². The van der Waals surface area contributed by atoms with E-state index in [1.165, 1.54) is 6.07 Å². The van der Waals surface area contributed by atoms with Gasteiger partial charge >= 0.3 is 0 Å². The molecule has 2 rings (SSSR count). The van der Waals surface area contributed by atoms with E-state index in [9.17, 15) is 13.6 Å². The van der Waals surface area contributed by atoms with Crippen molar-refractivity contribution in [3.8, 4) is 0 Å². The highest BCUT2D eigenvalue weighted by atomic mass is 19.1. The van der Waals surface area contributed by atoms with Gasteiger partial charge < -0.3 is 5.32 Å². The number of carbonyl (C=O) groups excluding carboxylic acids is 1. The molecular formula is C17H17F2NO. The summed E-state index contributed by atoms with van der Waals surface area (Å²) in [5.41, 5.74) is -0.189. The van der Waals surface area contributed by atoms with Crippen molar-refractivity contribution in [2.45, 2.75) is 20.3 Å². The van der Waals surface area contributed by atoms with Gasteiger partial charge in [-0.1, -0.05) is 50.2 Å². The van der Waals surface area contributed by atoms with Crippen molar-refractivity contribution < 1.29 is 13.6 Å². The van der Waals surface area contributed by atoms with Crippen LogP contribution >= 0.6 is 0 Å². The first-order chi connectivity index (χ1) is 9.90. The van der Waals surface area contributed by atoms with Crippen LogP contribution in [0.3, 0.4) is 0 Å². The van der Waals surface area contributed by atoms with Gasteiger partial charge in [0, 0.05) is 5.41 Å². The standard InChI is InChI=1S/C17H17F2NO/c1-17(2,11-12-7-4-3-5-8-12)16(21)20-15-13(18)9-6-10-14(15)19/h3-10H,11H2,1-2H3,(H,20,21). The van der Waals surface area contributed by atoms with Crippen LogP contribution in [0.15, 0.2) is 48.5 Å². The van der Waals surface area contributed by atoms with Crippen LogP contribution in [0.4, 0.5) is 14.5 Å². The predicted molar refractivity (Wildman–Crippen MR) is 78.9 cm³/mol. The molecule has 0 aromatic heterocycles. The zero-order valence-corrected chi connectivity index (χ0v) is 12.0. The molecule has 110 valence electrons. The lowest BCUT2D eigenvalue weighted by Crippen LogP contribution is -2.33. The van der Waals surface area contributed by atoms with Gasteiger partial charge in [0.1, 0.15) is 17.3 Å². The Morgan fingerprint density at radius 1 is 1.00 bits per heavy atom. The molecule has 2 nitrogen and oxygen atoms in total. The van der Waals surface area contributed by atoms with Gasteiger partial charge in [-0.15, -0.1) is 0 Å². The van der Waals surface area contributed by atoms with E-state index in [1.807, 2.05) is 30.3 Å². The molecule has 0 saturated heterocycles. The number of carbonyl (C=O) groups is 1. The van der Waals surface area contributed by atoms with Gasteiger partial charge in [-0.05, 0) is 24.1 Å². The lowest BCUT2D eigenvalue weighted by atomic mass is 9.84. The number of rotatable bonds is 4. The molecule has 0 unspecified atom stereocenters. The van der Waals surface area contributed by atoms with Crippen LogP contribution in [0.1, 0.15) is 19.4 Å². The molecule has 0 spiro atoms. The van der Waals surface area contributed by atoms with Crippen LogP contribution in [0.25, 0.3) is 0 Å². The smallest absolute Gasteiger partial charge is 0.230 e. The van der Waals surface area contributed by atoms with E-state index in [0.29, 0.717) is 6.42 Å². The lowest BCUT2D eigenvalue weighted by molar-refractivity contribution is -0.124. The highest BCUT2D eigenvalue weighted by Gasteiger charge is 2.29. The summed E-state index contributed by atoms with van der Waals surface area (Å²) in [6, 6.07) is 13.0. The van der Waals surface area contributed by atoms with Crippen molar-refractivity contribution in [2.75, 3.05) is 5.32 Å². The van der Waals surface area contributed by atoms with E-state index in [2.05, 4.69) is 5.32 Å². The third-order valence-electron chi connectivity index (χ3n) is 3.30. The molecule has 1 N–H and O–H groups in total. The molecule has 4 heteroatoms. The van der Waals surface area contributed by atoms with Crippen LogP contribution in [0.2, 0.25) is 0 Å². The third-order valence-corrected chi connectivity index (χ3v) is 3.30. The number of hydrogen-bond acceptors (Lipinski definition) is 1. The molecule has 0 aliphatic carbocycles. The van der Waals surface area contributed by atoms with Crippen molar-refractivity contribution >= 4 is 11.6 Å². The van der Waals surface area contributed by atoms with Gasteiger partial charge in [-0.25, -0.2) is 8.78 Å². The Morgan fingerprint density at radius 3 is 2.14 bits per heavy atom. The first-order valence-corrected chi connectivity index (χ1v) is 6.69. The molecule has 0 saturated carbocycles. The maximum atomic E-state index is 13.6. The maximum Gasteiger partial charge on any atom is 0.230 e. The second-order valence-electron chi connectivity index (χ2n) is 5.60. The summed E-state index contributed by atoms with van der Waals surface area (Å²) in [6.07, 6.45) is 0.482. The number of halogens is 2. The highest BCUT2D eigenvalue weighted by molar-refractivity contribution is 5.95. The van der Waals surface area contributed by atoms with Gasteiger partial charge in [-0.3, -0.25) is 4.79 Å². The zero-order valence-electron chi connectivity index (χ0n) is 12.0. The van der Waals surface area contributed by atoms with Gasteiger partial charge in [0.05, 0.1) is 0 Å². The van der Waals surface area contributed by atoms with Crippen molar-refractivity contribution in [3.63, 3.8) is 0 Å². The molecule has 1 amide bonds. The van der Waals surface area contributed by atoms with Crippen LogP contribution in [0.5, 0.6) is 0 Å². The monoisotopic (exact) mass is 289 g/mol. The Hall–Kier alpha value is -2.23. The molecule has 0 heterocycles. The molecule has 2 aromatic rings. The number of hydrogen-bond donors (Lipinski definition) is 1. The van der Waals surface area contributed by atoms with E-state index >= 15 is 0 Å². The minimum Gasteiger partial charge on any atom is -0.321 e. The normalized spacial score (nSPS) is 11.2. The summed E-state index contributed by atoms with van der Waals surface area (Å²) in [5, 5.41) is 2.35. The number of nitrogens with one attached hydrogen (secondary N) is 1. The molecular weight excluding hydrogens is 272 g/mol. The first kappa shape index (κ1) is 15.2. The molecule has 0 radical (unpaired) electrons. The van der Waals surface area contributed by atoms with Gasteiger partial charge in [-0.2, -0.15) is 0 Å². The Bertz CT molecular complexity index is 618. The number of benzene rings is 2. The van der Waals surface area contributed by atoms with E-state index in [4.69, 9.17) is 0 Å². The summed E-state index contributed by atoms with van der Waals surface area (Å²) in [5.74, 6) is -1.98. The maximum absolute atomic E-state index is 13.6. The number of anilines is 1. The van der Waals surface area contributed by atoms with Crippen LogP contribution in [-0.4, -0.2) is 5.91 Å². The van der Waals surface area contributed by atoms with E-state index in [0.717, 1.165) is 17.7 Å². The SMILES string of the molecule is CC(C)(Cc1ccccc1)C(=O)Nc1c(F)cccc1F. The van der Waals surface area contributed by atoms with E-state index < -0.39 is 28.6 Å². The second kappa shape index (κ2) is 6.04. The van der Waals surface area contributed by atoms with Crippen LogP contribution in [0, 0.1) is 17.0 Å². The number of para-hydroxylation sites is 1. The molecule has 0 aliphatic rings. The lowest BCUT2D eigenvalue weighted by Gasteiger charge is -2.24.